The highest BCUT2D eigenvalue weighted by Crippen LogP contribution is 2.34. The number of piperidine rings is 2. The van der Waals surface area contributed by atoms with Gasteiger partial charge in [-0.2, -0.15) is 5.10 Å². The van der Waals surface area contributed by atoms with Gasteiger partial charge in [0.2, 0.25) is 17.7 Å². The first-order valence-electron chi connectivity index (χ1n) is 21.7. The molecule has 19 heteroatoms. The standard InChI is InChI=1S/C45H46F2N12O4S/c46-33-22-29(51-35-8-10-38(60)52-43(35)62)4-5-30(33)27-11-15-55(16-12-27)25-39(61)57-19-17-56(18-20-57)37-9-3-28(23-49-37)31-6-7-34-32(40(31)47)24-59(54-34)42(44(63)53-45-48-13-21-64-45)41-36-2-1-14-58(36)26-50-41/h3-7,9,13,21-24,26-27,35,42,51H,1-2,8,10-12,14-20,25H2,(H,48,53,63)(H,52,60,62)/t35-,42?/m0/s1. The molecule has 4 amide bonds. The lowest BCUT2D eigenvalue weighted by molar-refractivity contribution is -0.134. The fourth-order valence-electron chi connectivity index (χ4n) is 9.39. The SMILES string of the molecule is O=C1CC[C@H](Nc2ccc(C3CCN(CC(=O)N4CCN(c5ccc(-c6ccc7nn(C(C(=O)Nc8nccs8)c8ncn9c8CCC9)cc7c6F)cn5)CC4)CC3)c(F)c2)C(=O)N1. The molecule has 8 heterocycles. The number of amides is 4. The number of benzene rings is 2. The number of hydrogen-bond acceptors (Lipinski definition) is 12. The van der Waals surface area contributed by atoms with E-state index in [2.05, 4.69) is 40.8 Å². The fraction of sp³-hybridized carbons (Fsp3) is 0.378. The van der Waals surface area contributed by atoms with Crippen LogP contribution >= 0.6 is 11.3 Å². The van der Waals surface area contributed by atoms with E-state index in [1.54, 1.807) is 54.6 Å². The number of hydrogen-bond donors (Lipinski definition) is 3. The molecular formula is C45H46F2N12O4S. The molecule has 4 aliphatic rings. The van der Waals surface area contributed by atoms with Crippen molar-refractivity contribution in [2.45, 2.75) is 63.1 Å². The maximum atomic E-state index is 16.4. The van der Waals surface area contributed by atoms with Crippen molar-refractivity contribution in [1.82, 2.24) is 44.4 Å². The van der Waals surface area contributed by atoms with Gasteiger partial charge in [-0.25, -0.2) is 23.7 Å². The van der Waals surface area contributed by atoms with Crippen LogP contribution in [0.1, 0.15) is 61.0 Å². The van der Waals surface area contributed by atoms with Crippen LogP contribution in [0.3, 0.4) is 0 Å². The van der Waals surface area contributed by atoms with Crippen molar-refractivity contribution in [1.29, 1.82) is 0 Å². The van der Waals surface area contributed by atoms with E-state index in [1.807, 2.05) is 21.6 Å². The Bertz CT molecular complexity index is 2720. The summed E-state index contributed by atoms with van der Waals surface area (Å²) in [6, 6.07) is 10.6. The topological polar surface area (TPSA) is 176 Å². The van der Waals surface area contributed by atoms with Crippen molar-refractivity contribution >= 4 is 62.5 Å². The number of carbonyl (C=O) groups is 4. The molecule has 4 aliphatic heterocycles. The number of aryl methyl sites for hydroxylation is 1. The number of nitrogens with one attached hydrogen (secondary N) is 3. The summed E-state index contributed by atoms with van der Waals surface area (Å²) in [4.78, 5) is 70.4. The molecule has 0 spiro atoms. The summed E-state index contributed by atoms with van der Waals surface area (Å²) in [5.41, 5.74) is 4.05. The number of carbonyl (C=O) groups excluding carboxylic acids is 4. The molecule has 2 atom stereocenters. The number of imide groups is 1. The van der Waals surface area contributed by atoms with E-state index in [1.165, 1.54) is 22.1 Å². The largest absolute Gasteiger partial charge is 0.374 e. The summed E-state index contributed by atoms with van der Waals surface area (Å²) in [5.74, 6) is -1.04. The number of pyridine rings is 1. The van der Waals surface area contributed by atoms with E-state index < -0.39 is 23.8 Å². The van der Waals surface area contributed by atoms with Gasteiger partial charge in [-0.15, -0.1) is 11.3 Å². The van der Waals surface area contributed by atoms with Gasteiger partial charge < -0.3 is 19.7 Å². The van der Waals surface area contributed by atoms with Crippen molar-refractivity contribution in [2.24, 2.45) is 0 Å². The van der Waals surface area contributed by atoms with Gasteiger partial charge in [0, 0.05) is 85.6 Å². The van der Waals surface area contributed by atoms with Crippen LogP contribution in [0.25, 0.3) is 22.0 Å². The van der Waals surface area contributed by atoms with Gasteiger partial charge >= 0.3 is 0 Å². The number of aromatic nitrogens is 6. The summed E-state index contributed by atoms with van der Waals surface area (Å²) in [5, 5.41) is 15.4. The second-order valence-corrected chi connectivity index (χ2v) is 17.7. The Morgan fingerprint density at radius 2 is 1.77 bits per heavy atom. The molecular weight excluding hydrogens is 843 g/mol. The van der Waals surface area contributed by atoms with Crippen LogP contribution in [0.2, 0.25) is 0 Å². The highest BCUT2D eigenvalue weighted by Gasteiger charge is 2.33. The van der Waals surface area contributed by atoms with E-state index in [0.717, 1.165) is 43.7 Å². The molecule has 2 aromatic carbocycles. The molecule has 0 bridgehead atoms. The number of imidazole rings is 1. The number of nitrogens with zero attached hydrogens (tertiary/aromatic N) is 9. The average molecular weight is 889 g/mol. The Labute approximate surface area is 370 Å². The number of anilines is 3. The summed E-state index contributed by atoms with van der Waals surface area (Å²) in [6.45, 7) is 4.78. The van der Waals surface area contributed by atoms with Gasteiger partial charge in [0.05, 0.1) is 29.5 Å². The Morgan fingerprint density at radius 3 is 2.52 bits per heavy atom. The predicted molar refractivity (Wildman–Crippen MR) is 236 cm³/mol. The van der Waals surface area contributed by atoms with E-state index in [4.69, 9.17) is 4.98 Å². The minimum absolute atomic E-state index is 0.0258. The maximum Gasteiger partial charge on any atom is 0.257 e. The second kappa shape index (κ2) is 17.5. The van der Waals surface area contributed by atoms with Crippen LogP contribution in [-0.2, 0) is 32.1 Å². The Morgan fingerprint density at radius 1 is 0.922 bits per heavy atom. The zero-order valence-electron chi connectivity index (χ0n) is 34.9. The molecule has 3 saturated heterocycles. The lowest BCUT2D eigenvalue weighted by atomic mass is 9.89. The Balaban J connectivity index is 0.733. The highest BCUT2D eigenvalue weighted by atomic mass is 32.1. The number of halogens is 2. The van der Waals surface area contributed by atoms with Crippen LogP contribution in [0.15, 0.2) is 72.8 Å². The summed E-state index contributed by atoms with van der Waals surface area (Å²) >= 11 is 1.31. The molecule has 4 aromatic heterocycles. The molecule has 0 aliphatic carbocycles. The normalized spacial score (nSPS) is 18.9. The van der Waals surface area contributed by atoms with Crippen LogP contribution in [-0.4, -0.2) is 115 Å². The first-order valence-corrected chi connectivity index (χ1v) is 22.6. The molecule has 330 valence electrons. The van der Waals surface area contributed by atoms with Gasteiger partial charge in [-0.3, -0.25) is 39.4 Å². The summed E-state index contributed by atoms with van der Waals surface area (Å²) in [7, 11) is 0. The smallest absolute Gasteiger partial charge is 0.257 e. The zero-order valence-corrected chi connectivity index (χ0v) is 35.7. The number of thiazole rings is 1. The van der Waals surface area contributed by atoms with Crippen molar-refractivity contribution in [3.8, 4) is 11.1 Å². The quantitative estimate of drug-likeness (QED) is 0.150. The van der Waals surface area contributed by atoms with E-state index in [9.17, 15) is 19.2 Å². The van der Waals surface area contributed by atoms with Crippen molar-refractivity contribution in [2.75, 3.05) is 61.3 Å². The first-order chi connectivity index (χ1) is 31.1. The molecule has 3 fully saturated rings. The van der Waals surface area contributed by atoms with Crippen LogP contribution < -0.4 is 20.9 Å². The third kappa shape index (κ3) is 8.32. The van der Waals surface area contributed by atoms with E-state index >= 15 is 8.78 Å². The molecule has 3 N–H and O–H groups in total. The van der Waals surface area contributed by atoms with Gasteiger partial charge in [-0.1, -0.05) is 6.07 Å². The van der Waals surface area contributed by atoms with E-state index in [-0.39, 0.29) is 41.3 Å². The highest BCUT2D eigenvalue weighted by molar-refractivity contribution is 7.13. The molecule has 16 nitrogen and oxygen atoms in total. The summed E-state index contributed by atoms with van der Waals surface area (Å²) in [6.07, 6.45) is 10.4. The average Bonchev–Trinajstić information content (AvgIpc) is 4.14. The van der Waals surface area contributed by atoms with Gasteiger partial charge in [0.15, 0.2) is 11.2 Å². The lowest BCUT2D eigenvalue weighted by Gasteiger charge is -2.37. The van der Waals surface area contributed by atoms with Crippen molar-refractivity contribution in [3.63, 3.8) is 0 Å². The third-order valence-electron chi connectivity index (χ3n) is 12.8. The van der Waals surface area contributed by atoms with Crippen LogP contribution in [0, 0.1) is 11.6 Å². The minimum atomic E-state index is -0.925. The fourth-order valence-corrected chi connectivity index (χ4v) is 9.92. The van der Waals surface area contributed by atoms with Crippen molar-refractivity contribution < 1.29 is 28.0 Å². The monoisotopic (exact) mass is 888 g/mol. The molecule has 0 saturated carbocycles. The molecule has 10 rings (SSSR count). The Kier molecular flexibility index (Phi) is 11.3. The van der Waals surface area contributed by atoms with Gasteiger partial charge in [0.25, 0.3) is 5.91 Å². The number of piperazine rings is 1. The van der Waals surface area contributed by atoms with Gasteiger partial charge in [0.1, 0.15) is 23.5 Å². The minimum Gasteiger partial charge on any atom is -0.374 e. The first kappa shape index (κ1) is 41.4. The van der Waals surface area contributed by atoms with E-state index in [0.29, 0.717) is 91.0 Å². The predicted octanol–water partition coefficient (Wildman–Crippen LogP) is 4.95. The number of rotatable bonds is 11. The summed E-state index contributed by atoms with van der Waals surface area (Å²) < 4.78 is 35.2. The molecule has 0 radical (unpaired) electrons. The third-order valence-corrected chi connectivity index (χ3v) is 13.5. The number of fused-ring (bicyclic) bond motifs is 2. The van der Waals surface area contributed by atoms with Crippen LogP contribution in [0.4, 0.5) is 25.4 Å². The van der Waals surface area contributed by atoms with Crippen molar-refractivity contribution in [3.05, 3.63) is 101 Å². The molecule has 64 heavy (non-hydrogen) atoms. The lowest BCUT2D eigenvalue weighted by Crippen LogP contribution is -2.52. The van der Waals surface area contributed by atoms with Crippen LogP contribution in [0.5, 0.6) is 0 Å². The zero-order chi connectivity index (χ0) is 43.9. The molecule has 1 unspecified atom stereocenters. The maximum absolute atomic E-state index is 16.4. The second-order valence-electron chi connectivity index (χ2n) is 16.8. The molecule has 6 aromatic rings. The Hall–Kier alpha value is -6.60. The number of likely N-dealkylation sites (tertiary alicyclic amines) is 1. The van der Waals surface area contributed by atoms with Gasteiger partial charge in [-0.05, 0) is 93.1 Å².